The van der Waals surface area contributed by atoms with E-state index in [2.05, 4.69) is 64.0 Å². The molecule has 3 rings (SSSR count). The van der Waals surface area contributed by atoms with E-state index in [4.69, 9.17) is 16.3 Å². The number of ether oxygens (including phenoxy) is 1. The van der Waals surface area contributed by atoms with Crippen molar-refractivity contribution < 1.29 is 9.53 Å². The number of nitrogens with zero attached hydrogens (tertiary/aromatic N) is 1. The van der Waals surface area contributed by atoms with Gasteiger partial charge in [-0.05, 0) is 77.6 Å². The summed E-state index contributed by atoms with van der Waals surface area (Å²) in [6, 6.07) is 11.7. The highest BCUT2D eigenvalue weighted by Crippen LogP contribution is 2.33. The zero-order valence-corrected chi connectivity index (χ0v) is 22.2. The molecule has 0 aliphatic carbocycles. The summed E-state index contributed by atoms with van der Waals surface area (Å²) in [5.74, 6) is 1.92. The van der Waals surface area contributed by atoms with Gasteiger partial charge in [-0.15, -0.1) is 0 Å². The van der Waals surface area contributed by atoms with Crippen molar-refractivity contribution in [3.8, 4) is 11.6 Å². The van der Waals surface area contributed by atoms with E-state index in [1.165, 1.54) is 5.56 Å². The number of pyridine rings is 1. The normalized spacial score (nSPS) is 11.4. The fourth-order valence-electron chi connectivity index (χ4n) is 3.96. The van der Waals surface area contributed by atoms with Crippen LogP contribution in [0.15, 0.2) is 42.6 Å². The van der Waals surface area contributed by atoms with E-state index >= 15 is 0 Å². The number of hydrogen-bond acceptors (Lipinski definition) is 3. The molecule has 3 aromatic rings. The van der Waals surface area contributed by atoms with Crippen LogP contribution in [0.5, 0.6) is 11.6 Å². The van der Waals surface area contributed by atoms with Gasteiger partial charge in [0.15, 0.2) is 0 Å². The van der Waals surface area contributed by atoms with Crippen LogP contribution in [0.25, 0.3) is 0 Å². The average molecular weight is 479 g/mol. The molecule has 4 nitrogen and oxygen atoms in total. The predicted octanol–water partition coefficient (Wildman–Crippen LogP) is 8.77. The van der Waals surface area contributed by atoms with Crippen molar-refractivity contribution in [2.75, 3.05) is 5.32 Å². The van der Waals surface area contributed by atoms with Gasteiger partial charge in [-0.2, -0.15) is 0 Å². The van der Waals surface area contributed by atoms with Crippen LogP contribution in [0, 0.1) is 13.8 Å². The molecule has 1 amide bonds. The summed E-state index contributed by atoms with van der Waals surface area (Å²) < 4.78 is 5.94. The van der Waals surface area contributed by atoms with Crippen LogP contribution in [-0.2, 0) is 0 Å². The minimum Gasteiger partial charge on any atom is -0.439 e. The van der Waals surface area contributed by atoms with Gasteiger partial charge >= 0.3 is 0 Å². The van der Waals surface area contributed by atoms with Crippen molar-refractivity contribution in [2.24, 2.45) is 0 Å². The highest BCUT2D eigenvalue weighted by molar-refractivity contribution is 6.30. The Balaban J connectivity index is 1.92. The average Bonchev–Trinajstić information content (AvgIpc) is 2.76. The van der Waals surface area contributed by atoms with E-state index < -0.39 is 0 Å². The maximum Gasteiger partial charge on any atom is 0.256 e. The molecule has 0 bridgehead atoms. The summed E-state index contributed by atoms with van der Waals surface area (Å²) in [4.78, 5) is 18.0. The number of carbonyl (C=O) groups excluding carboxylic acids is 1. The summed E-state index contributed by atoms with van der Waals surface area (Å²) in [7, 11) is 0. The fourth-order valence-corrected chi connectivity index (χ4v) is 4.19. The Morgan fingerprint density at radius 1 is 0.882 bits per heavy atom. The molecule has 0 saturated carbocycles. The van der Waals surface area contributed by atoms with Gasteiger partial charge in [0.05, 0.1) is 11.9 Å². The van der Waals surface area contributed by atoms with Crippen LogP contribution in [0.1, 0.15) is 97.5 Å². The van der Waals surface area contributed by atoms with E-state index in [9.17, 15) is 4.79 Å². The maximum absolute atomic E-state index is 13.6. The Hall–Kier alpha value is -2.85. The van der Waals surface area contributed by atoms with Gasteiger partial charge < -0.3 is 10.1 Å². The van der Waals surface area contributed by atoms with Crippen LogP contribution >= 0.6 is 11.6 Å². The lowest BCUT2D eigenvalue weighted by Crippen LogP contribution is -2.19. The lowest BCUT2D eigenvalue weighted by atomic mass is 9.84. The number of aromatic nitrogens is 1. The molecular formula is C29H35ClN2O2. The smallest absolute Gasteiger partial charge is 0.256 e. The van der Waals surface area contributed by atoms with Gasteiger partial charge in [-0.1, -0.05) is 65.3 Å². The van der Waals surface area contributed by atoms with Crippen molar-refractivity contribution in [1.82, 2.24) is 4.98 Å². The lowest BCUT2D eigenvalue weighted by Gasteiger charge is -2.22. The third kappa shape index (κ3) is 5.79. The minimum atomic E-state index is -0.102. The topological polar surface area (TPSA) is 51.2 Å². The number of nitrogens with one attached hydrogen (secondary N) is 1. The number of halogens is 1. The molecule has 1 N–H and O–H groups in total. The van der Waals surface area contributed by atoms with Crippen LogP contribution in [0.2, 0.25) is 5.02 Å². The predicted molar refractivity (Wildman–Crippen MR) is 142 cm³/mol. The zero-order chi connectivity index (χ0) is 25.2. The Morgan fingerprint density at radius 3 is 2.00 bits per heavy atom. The largest absolute Gasteiger partial charge is 0.439 e. The van der Waals surface area contributed by atoms with Crippen molar-refractivity contribution in [2.45, 2.75) is 73.1 Å². The van der Waals surface area contributed by atoms with Crippen LogP contribution in [-0.4, -0.2) is 10.9 Å². The monoisotopic (exact) mass is 478 g/mol. The first kappa shape index (κ1) is 25.8. The second-order valence-electron chi connectivity index (χ2n) is 9.84. The molecule has 5 heteroatoms. The molecule has 0 unspecified atom stereocenters. The zero-order valence-electron chi connectivity index (χ0n) is 21.4. The minimum absolute atomic E-state index is 0.102. The second-order valence-corrected chi connectivity index (χ2v) is 10.3. The Labute approximate surface area is 208 Å². The summed E-state index contributed by atoms with van der Waals surface area (Å²) in [6.45, 7) is 16.8. The molecule has 0 aliphatic rings. The molecule has 1 aromatic heterocycles. The molecule has 0 atom stereocenters. The summed E-state index contributed by atoms with van der Waals surface area (Å²) in [5.41, 5.74) is 6.67. The van der Waals surface area contributed by atoms with Crippen molar-refractivity contribution in [3.05, 3.63) is 81.0 Å². The number of amides is 1. The first-order valence-corrected chi connectivity index (χ1v) is 12.3. The Bertz CT molecular complexity index is 1170. The van der Waals surface area contributed by atoms with Crippen LogP contribution in [0.3, 0.4) is 0 Å². The maximum atomic E-state index is 13.6. The van der Waals surface area contributed by atoms with E-state index in [-0.39, 0.29) is 17.7 Å². The quantitative estimate of drug-likeness (QED) is 0.369. The van der Waals surface area contributed by atoms with Gasteiger partial charge in [0.25, 0.3) is 5.91 Å². The number of carbonyl (C=O) groups is 1. The second kappa shape index (κ2) is 10.6. The van der Waals surface area contributed by atoms with E-state index in [0.29, 0.717) is 28.3 Å². The molecule has 180 valence electrons. The number of aryl methyl sites for hydroxylation is 2. The lowest BCUT2D eigenvalue weighted by molar-refractivity contribution is 0.102. The summed E-state index contributed by atoms with van der Waals surface area (Å²) >= 11 is 6.04. The standard InChI is InChI=1S/C29H35ClN2O2/c1-16(2)21-13-23(17(3)4)28(24(14-21)18(5)6)29(33)32-25-15-31-27(12-19(25)7)34-26-10-9-22(30)11-20(26)8/h9-18H,1-8H3,(H,32,33). The van der Waals surface area contributed by atoms with E-state index in [0.717, 1.165) is 27.8 Å². The number of anilines is 1. The molecule has 0 fully saturated rings. The summed E-state index contributed by atoms with van der Waals surface area (Å²) in [6.07, 6.45) is 1.65. The van der Waals surface area contributed by atoms with Crippen LogP contribution in [0.4, 0.5) is 5.69 Å². The Morgan fingerprint density at radius 2 is 1.50 bits per heavy atom. The number of rotatable bonds is 7. The van der Waals surface area contributed by atoms with E-state index in [1.807, 2.05) is 32.0 Å². The number of benzene rings is 2. The third-order valence-electron chi connectivity index (χ3n) is 6.04. The van der Waals surface area contributed by atoms with Crippen molar-refractivity contribution in [1.29, 1.82) is 0 Å². The molecule has 1 heterocycles. The fraction of sp³-hybridized carbons (Fsp3) is 0.379. The number of hydrogen-bond donors (Lipinski definition) is 1. The highest BCUT2D eigenvalue weighted by atomic mass is 35.5. The molecule has 0 saturated heterocycles. The molecule has 34 heavy (non-hydrogen) atoms. The van der Waals surface area contributed by atoms with Crippen molar-refractivity contribution >= 4 is 23.2 Å². The SMILES string of the molecule is Cc1cc(Oc2ccc(Cl)cc2C)ncc1NC(=O)c1c(C(C)C)cc(C(C)C)cc1C(C)C. The summed E-state index contributed by atoms with van der Waals surface area (Å²) in [5, 5.41) is 3.76. The van der Waals surface area contributed by atoms with E-state index in [1.54, 1.807) is 12.3 Å². The van der Waals surface area contributed by atoms with Crippen molar-refractivity contribution in [3.63, 3.8) is 0 Å². The molecule has 2 aromatic carbocycles. The first-order valence-electron chi connectivity index (χ1n) is 11.9. The van der Waals surface area contributed by atoms with Gasteiger partial charge in [-0.25, -0.2) is 4.98 Å². The third-order valence-corrected chi connectivity index (χ3v) is 6.28. The highest BCUT2D eigenvalue weighted by Gasteiger charge is 2.23. The first-order chi connectivity index (χ1) is 16.0. The molecule has 0 spiro atoms. The van der Waals surface area contributed by atoms with Crippen LogP contribution < -0.4 is 10.1 Å². The van der Waals surface area contributed by atoms with Gasteiger partial charge in [0.1, 0.15) is 5.75 Å². The molecular weight excluding hydrogens is 444 g/mol. The van der Waals surface area contributed by atoms with Gasteiger partial charge in [-0.3, -0.25) is 4.79 Å². The Kier molecular flexibility index (Phi) is 8.04. The van der Waals surface area contributed by atoms with Gasteiger partial charge in [0, 0.05) is 16.7 Å². The van der Waals surface area contributed by atoms with Gasteiger partial charge in [0.2, 0.25) is 5.88 Å². The molecule has 0 radical (unpaired) electrons. The molecule has 0 aliphatic heterocycles.